The average Bonchev–Trinajstić information content (AvgIpc) is 3.22. The molecule has 176 valence electrons. The molecule has 1 aromatic carbocycles. The lowest BCUT2D eigenvalue weighted by atomic mass is 9.97. The molecule has 3 heterocycles. The molecule has 0 atom stereocenters. The third-order valence-corrected chi connectivity index (χ3v) is 8.92. The number of imide groups is 1. The summed E-state index contributed by atoms with van der Waals surface area (Å²) in [7, 11) is -2.20. The highest BCUT2D eigenvalue weighted by atomic mass is 79.9. The van der Waals surface area contributed by atoms with E-state index in [1.807, 2.05) is 0 Å². The number of sulfone groups is 1. The first kappa shape index (κ1) is 24.2. The number of rotatable bonds is 7. The van der Waals surface area contributed by atoms with Crippen molar-refractivity contribution >= 4 is 66.2 Å². The number of benzene rings is 1. The number of Topliss-reactive ketones (excluding diaryl/α,β-unsaturated/α-hetero) is 1. The number of aromatic nitrogens is 1. The Kier molecular flexibility index (Phi) is 6.65. The van der Waals surface area contributed by atoms with Crippen molar-refractivity contribution in [3.8, 4) is 0 Å². The number of anilines is 2. The van der Waals surface area contributed by atoms with E-state index in [1.165, 1.54) is 18.3 Å². The summed E-state index contributed by atoms with van der Waals surface area (Å²) in [5, 5.41) is 2.34. The minimum atomic E-state index is -3.93. The van der Waals surface area contributed by atoms with E-state index in [0.717, 1.165) is 22.7 Å². The zero-order chi connectivity index (χ0) is 24.6. The monoisotopic (exact) mass is 565 g/mol. The zero-order valence-corrected chi connectivity index (χ0v) is 20.9. The van der Waals surface area contributed by atoms with Gasteiger partial charge in [0.15, 0.2) is 20.8 Å². The molecule has 8 nitrogen and oxygen atoms in total. The molecule has 1 aliphatic rings. The molecule has 0 saturated heterocycles. The van der Waals surface area contributed by atoms with Crippen molar-refractivity contribution in [2.75, 3.05) is 23.0 Å². The number of hydrogen-bond donors (Lipinski definition) is 1. The molecule has 0 fully saturated rings. The Morgan fingerprint density at radius 1 is 1.24 bits per heavy atom. The lowest BCUT2D eigenvalue weighted by Crippen LogP contribution is -2.43. The van der Waals surface area contributed by atoms with Crippen molar-refractivity contribution in [3.05, 3.63) is 68.9 Å². The molecule has 0 aliphatic carbocycles. The van der Waals surface area contributed by atoms with Gasteiger partial charge in [-0.25, -0.2) is 18.3 Å². The standard InChI is InChI=1S/C22H17BrFN3O5S2/c1-25-17-7-13-8-20(29)27(22(30)15(13)9-16(17)23)19-4-2-12(10-26-19)6-14(28)11-34(31,32)21-5-3-18(24)33-21/h2-5,7,9-10,25H,6,8,11H2,1H3. The summed E-state index contributed by atoms with van der Waals surface area (Å²) >= 11 is 3.86. The predicted octanol–water partition coefficient (Wildman–Crippen LogP) is 3.40. The van der Waals surface area contributed by atoms with Crippen LogP contribution in [0.25, 0.3) is 0 Å². The Balaban J connectivity index is 1.49. The number of thiophene rings is 1. The summed E-state index contributed by atoms with van der Waals surface area (Å²) in [6, 6.07) is 8.49. The fraction of sp³-hybridized carbons (Fsp3) is 0.182. The molecule has 0 bridgehead atoms. The molecule has 1 N–H and O–H groups in total. The summed E-state index contributed by atoms with van der Waals surface area (Å²) in [4.78, 5) is 43.1. The van der Waals surface area contributed by atoms with Gasteiger partial charge in [0.1, 0.15) is 15.8 Å². The first-order valence-corrected chi connectivity index (χ1v) is 13.2. The van der Waals surface area contributed by atoms with Crippen LogP contribution in [-0.2, 0) is 32.3 Å². The van der Waals surface area contributed by atoms with Crippen LogP contribution in [0.4, 0.5) is 15.9 Å². The van der Waals surface area contributed by atoms with Crippen LogP contribution >= 0.6 is 27.3 Å². The number of hydrogen-bond acceptors (Lipinski definition) is 8. The van der Waals surface area contributed by atoms with Gasteiger partial charge in [-0.2, -0.15) is 4.39 Å². The summed E-state index contributed by atoms with van der Waals surface area (Å²) in [5.41, 5.74) is 2.15. The average molecular weight is 566 g/mol. The second-order valence-corrected chi connectivity index (χ2v) is 11.6. The van der Waals surface area contributed by atoms with Crippen molar-refractivity contribution in [1.82, 2.24) is 4.98 Å². The number of carbonyl (C=O) groups is 3. The van der Waals surface area contributed by atoms with Gasteiger partial charge in [0.05, 0.1) is 6.42 Å². The highest BCUT2D eigenvalue weighted by Gasteiger charge is 2.33. The second-order valence-electron chi connectivity index (χ2n) is 7.51. The Hall–Kier alpha value is -2.96. The number of fused-ring (bicyclic) bond motifs is 1. The van der Waals surface area contributed by atoms with E-state index in [9.17, 15) is 27.2 Å². The molecule has 12 heteroatoms. The smallest absolute Gasteiger partial charge is 0.266 e. The molecular formula is C22H17BrFN3O5S2. The van der Waals surface area contributed by atoms with Crippen LogP contribution in [-0.4, -0.2) is 43.8 Å². The maximum atomic E-state index is 13.1. The van der Waals surface area contributed by atoms with E-state index in [-0.39, 0.29) is 22.9 Å². The summed E-state index contributed by atoms with van der Waals surface area (Å²) in [6.07, 6.45) is 1.12. The molecule has 4 rings (SSSR count). The Bertz CT molecular complexity index is 1420. The number of halogens is 2. The third kappa shape index (κ3) is 4.79. The van der Waals surface area contributed by atoms with Crippen molar-refractivity contribution in [2.24, 2.45) is 0 Å². The van der Waals surface area contributed by atoms with Crippen molar-refractivity contribution in [3.63, 3.8) is 0 Å². The topological polar surface area (TPSA) is 114 Å². The van der Waals surface area contributed by atoms with Gasteiger partial charge in [0.2, 0.25) is 5.91 Å². The van der Waals surface area contributed by atoms with Crippen LogP contribution < -0.4 is 10.2 Å². The van der Waals surface area contributed by atoms with E-state index in [2.05, 4.69) is 26.2 Å². The van der Waals surface area contributed by atoms with Crippen LogP contribution in [0.1, 0.15) is 21.5 Å². The van der Waals surface area contributed by atoms with E-state index < -0.39 is 38.3 Å². The van der Waals surface area contributed by atoms with Crippen molar-refractivity contribution < 1.29 is 27.2 Å². The van der Waals surface area contributed by atoms with Gasteiger partial charge in [-0.05, 0) is 57.4 Å². The summed E-state index contributed by atoms with van der Waals surface area (Å²) < 4.78 is 38.1. The molecule has 2 amide bonds. The van der Waals surface area contributed by atoms with Crippen LogP contribution in [0, 0.1) is 5.13 Å². The van der Waals surface area contributed by atoms with Crippen LogP contribution in [0.2, 0.25) is 0 Å². The highest BCUT2D eigenvalue weighted by Crippen LogP contribution is 2.31. The van der Waals surface area contributed by atoms with E-state index in [0.29, 0.717) is 32.5 Å². The van der Waals surface area contributed by atoms with Gasteiger partial charge < -0.3 is 5.32 Å². The van der Waals surface area contributed by atoms with E-state index >= 15 is 0 Å². The first-order valence-electron chi connectivity index (χ1n) is 9.91. The number of amides is 2. The maximum Gasteiger partial charge on any atom is 0.266 e. The summed E-state index contributed by atoms with van der Waals surface area (Å²) in [6.45, 7) is 0. The molecular weight excluding hydrogens is 549 g/mol. The molecule has 1 aliphatic heterocycles. The summed E-state index contributed by atoms with van der Waals surface area (Å²) in [5.74, 6) is -2.20. The Labute approximate surface area is 206 Å². The molecule has 3 aromatic rings. The second kappa shape index (κ2) is 9.35. The van der Waals surface area contributed by atoms with Crippen LogP contribution in [0.5, 0.6) is 0 Å². The molecule has 0 spiro atoms. The number of ketones is 1. The Morgan fingerprint density at radius 2 is 2.00 bits per heavy atom. The fourth-order valence-electron chi connectivity index (χ4n) is 3.54. The maximum absolute atomic E-state index is 13.1. The molecule has 0 radical (unpaired) electrons. The largest absolute Gasteiger partial charge is 0.387 e. The number of carbonyl (C=O) groups excluding carboxylic acids is 3. The van der Waals surface area contributed by atoms with Gasteiger partial charge in [-0.15, -0.1) is 0 Å². The highest BCUT2D eigenvalue weighted by molar-refractivity contribution is 9.10. The van der Waals surface area contributed by atoms with E-state index in [1.54, 1.807) is 19.2 Å². The molecule has 2 aromatic heterocycles. The zero-order valence-electron chi connectivity index (χ0n) is 17.7. The molecule has 0 unspecified atom stereocenters. The minimum Gasteiger partial charge on any atom is -0.387 e. The van der Waals surface area contributed by atoms with Crippen molar-refractivity contribution in [1.29, 1.82) is 0 Å². The molecule has 34 heavy (non-hydrogen) atoms. The normalized spacial score (nSPS) is 13.7. The molecule has 0 saturated carbocycles. The lowest BCUT2D eigenvalue weighted by molar-refractivity contribution is -0.118. The number of pyridine rings is 1. The van der Waals surface area contributed by atoms with Crippen molar-refractivity contribution in [2.45, 2.75) is 17.1 Å². The predicted molar refractivity (Wildman–Crippen MR) is 128 cm³/mol. The van der Waals surface area contributed by atoms with Crippen LogP contribution in [0.3, 0.4) is 0 Å². The van der Waals surface area contributed by atoms with Gasteiger partial charge in [-0.3, -0.25) is 14.4 Å². The quantitative estimate of drug-likeness (QED) is 0.436. The Morgan fingerprint density at radius 3 is 2.62 bits per heavy atom. The number of nitrogens with zero attached hydrogens (tertiary/aromatic N) is 2. The lowest BCUT2D eigenvalue weighted by Gasteiger charge is -2.26. The van der Waals surface area contributed by atoms with Gasteiger partial charge in [0.25, 0.3) is 5.91 Å². The van der Waals surface area contributed by atoms with Gasteiger partial charge >= 0.3 is 0 Å². The van der Waals surface area contributed by atoms with Crippen LogP contribution in [0.15, 0.2) is 51.3 Å². The minimum absolute atomic E-state index is 0.0200. The third-order valence-electron chi connectivity index (χ3n) is 5.13. The SMILES string of the molecule is CNc1cc2c(cc1Br)C(=O)N(c1ccc(CC(=O)CS(=O)(=O)c3ccc(F)s3)cn1)C(=O)C2. The fourth-order valence-corrected chi connectivity index (χ4v) is 6.42. The van der Waals surface area contributed by atoms with E-state index in [4.69, 9.17) is 0 Å². The first-order chi connectivity index (χ1) is 16.1. The number of nitrogens with one attached hydrogen (secondary N) is 1. The van der Waals surface area contributed by atoms with Gasteiger partial charge in [0, 0.05) is 35.4 Å². The van der Waals surface area contributed by atoms with Gasteiger partial charge in [-0.1, -0.05) is 17.4 Å².